The van der Waals surface area contributed by atoms with Crippen LogP contribution < -0.4 is 5.32 Å². The van der Waals surface area contributed by atoms with Crippen molar-refractivity contribution in [3.05, 3.63) is 65.8 Å². The van der Waals surface area contributed by atoms with Gasteiger partial charge in [0.05, 0.1) is 28.0 Å². The van der Waals surface area contributed by atoms with Crippen molar-refractivity contribution < 1.29 is 9.53 Å². The molecule has 124 valence electrons. The van der Waals surface area contributed by atoms with E-state index >= 15 is 0 Å². The molecule has 4 rings (SSSR count). The van der Waals surface area contributed by atoms with Crippen LogP contribution >= 0.6 is 11.3 Å². The Bertz CT molecular complexity index is 1010. The number of amides is 1. The van der Waals surface area contributed by atoms with Crippen molar-refractivity contribution in [1.29, 1.82) is 0 Å². The van der Waals surface area contributed by atoms with Gasteiger partial charge < -0.3 is 10.1 Å². The third kappa shape index (κ3) is 3.50. The van der Waals surface area contributed by atoms with Crippen molar-refractivity contribution in [2.24, 2.45) is 0 Å². The smallest absolute Gasteiger partial charge is 0.250 e. The van der Waals surface area contributed by atoms with Crippen molar-refractivity contribution in [2.75, 3.05) is 11.9 Å². The number of rotatable bonds is 5. The molecule has 0 saturated carbocycles. The molecule has 2 aromatic carbocycles. The monoisotopic (exact) mass is 349 g/mol. The van der Waals surface area contributed by atoms with Crippen LogP contribution in [-0.2, 0) is 16.1 Å². The number of fused-ring (bicyclic) bond motifs is 2. The lowest BCUT2D eigenvalue weighted by molar-refractivity contribution is -0.121. The Hall–Kier alpha value is -2.83. The van der Waals surface area contributed by atoms with Gasteiger partial charge in [0.15, 0.2) is 0 Å². The van der Waals surface area contributed by atoms with Crippen molar-refractivity contribution in [3.8, 4) is 0 Å². The fraction of sp³-hybridized carbons (Fsp3) is 0.105. The SMILES string of the molecule is O=C(COCc1nc2ccccc2s1)Nc1cccc2ncccc12. The van der Waals surface area contributed by atoms with Crippen LogP contribution in [-0.4, -0.2) is 22.5 Å². The second kappa shape index (κ2) is 6.96. The summed E-state index contributed by atoms with van der Waals surface area (Å²) < 4.78 is 6.63. The number of hydrogen-bond acceptors (Lipinski definition) is 5. The van der Waals surface area contributed by atoms with E-state index in [0.29, 0.717) is 6.61 Å². The zero-order valence-electron chi connectivity index (χ0n) is 13.3. The summed E-state index contributed by atoms with van der Waals surface area (Å²) in [4.78, 5) is 20.9. The summed E-state index contributed by atoms with van der Waals surface area (Å²) in [5.41, 5.74) is 2.54. The molecule has 5 nitrogen and oxygen atoms in total. The highest BCUT2D eigenvalue weighted by molar-refractivity contribution is 7.18. The molecule has 1 amide bonds. The molecule has 0 saturated heterocycles. The summed E-state index contributed by atoms with van der Waals surface area (Å²) in [6.45, 7) is 0.302. The van der Waals surface area contributed by atoms with E-state index in [1.54, 1.807) is 17.5 Å². The van der Waals surface area contributed by atoms with Crippen LogP contribution in [0.4, 0.5) is 5.69 Å². The Morgan fingerprint density at radius 1 is 1.04 bits per heavy atom. The van der Waals surface area contributed by atoms with E-state index in [4.69, 9.17) is 4.74 Å². The number of thiazole rings is 1. The van der Waals surface area contributed by atoms with Gasteiger partial charge in [-0.05, 0) is 36.4 Å². The van der Waals surface area contributed by atoms with Gasteiger partial charge in [0, 0.05) is 11.6 Å². The quantitative estimate of drug-likeness (QED) is 0.591. The minimum atomic E-state index is -0.197. The van der Waals surface area contributed by atoms with Gasteiger partial charge in [0.25, 0.3) is 0 Å². The number of carbonyl (C=O) groups excluding carboxylic acids is 1. The predicted molar refractivity (Wildman–Crippen MR) is 99.6 cm³/mol. The van der Waals surface area contributed by atoms with E-state index in [1.165, 1.54) is 0 Å². The van der Waals surface area contributed by atoms with E-state index in [9.17, 15) is 4.79 Å². The first-order valence-electron chi connectivity index (χ1n) is 7.85. The van der Waals surface area contributed by atoms with E-state index in [-0.39, 0.29) is 12.5 Å². The molecule has 1 N–H and O–H groups in total. The second-order valence-corrected chi connectivity index (χ2v) is 6.61. The lowest BCUT2D eigenvalue weighted by atomic mass is 10.2. The molecule has 0 aliphatic heterocycles. The lowest BCUT2D eigenvalue weighted by Gasteiger charge is -2.08. The molecule has 2 heterocycles. The van der Waals surface area contributed by atoms with Crippen molar-refractivity contribution in [1.82, 2.24) is 9.97 Å². The van der Waals surface area contributed by atoms with E-state index in [1.807, 2.05) is 54.6 Å². The average Bonchev–Trinajstić information content (AvgIpc) is 3.05. The molecule has 0 fully saturated rings. The summed E-state index contributed by atoms with van der Waals surface area (Å²) in [6, 6.07) is 17.4. The van der Waals surface area contributed by atoms with Crippen LogP contribution in [0, 0.1) is 0 Å². The van der Waals surface area contributed by atoms with Gasteiger partial charge in [-0.2, -0.15) is 0 Å². The normalized spacial score (nSPS) is 11.0. The van der Waals surface area contributed by atoms with E-state index in [2.05, 4.69) is 15.3 Å². The zero-order chi connectivity index (χ0) is 17.1. The number of carbonyl (C=O) groups is 1. The number of para-hydroxylation sites is 1. The lowest BCUT2D eigenvalue weighted by Crippen LogP contribution is -2.18. The molecule has 0 bridgehead atoms. The van der Waals surface area contributed by atoms with Crippen molar-refractivity contribution in [2.45, 2.75) is 6.61 Å². The van der Waals surface area contributed by atoms with Gasteiger partial charge >= 0.3 is 0 Å². The van der Waals surface area contributed by atoms with Gasteiger partial charge in [0.1, 0.15) is 11.6 Å². The molecule has 2 aromatic heterocycles. The first-order chi connectivity index (χ1) is 12.3. The van der Waals surface area contributed by atoms with Gasteiger partial charge in [-0.25, -0.2) is 4.98 Å². The summed E-state index contributed by atoms with van der Waals surface area (Å²) in [5, 5.41) is 4.65. The van der Waals surface area contributed by atoms with E-state index < -0.39 is 0 Å². The molecular weight excluding hydrogens is 334 g/mol. The minimum Gasteiger partial charge on any atom is -0.364 e. The van der Waals surface area contributed by atoms with E-state index in [0.717, 1.165) is 31.8 Å². The molecule has 25 heavy (non-hydrogen) atoms. The van der Waals surface area contributed by atoms with Gasteiger partial charge in [-0.1, -0.05) is 18.2 Å². The third-order valence-corrected chi connectivity index (χ3v) is 4.73. The molecule has 0 radical (unpaired) electrons. The van der Waals surface area contributed by atoms with Crippen LogP contribution in [0.15, 0.2) is 60.8 Å². The fourth-order valence-corrected chi connectivity index (χ4v) is 3.52. The summed E-state index contributed by atoms with van der Waals surface area (Å²) in [7, 11) is 0. The first-order valence-corrected chi connectivity index (χ1v) is 8.67. The molecule has 0 spiro atoms. The molecule has 4 aromatic rings. The minimum absolute atomic E-state index is 0.0213. The predicted octanol–water partition coefficient (Wildman–Crippen LogP) is 4.00. The number of nitrogens with zero attached hydrogens (tertiary/aromatic N) is 2. The maximum atomic E-state index is 12.1. The number of hydrogen-bond donors (Lipinski definition) is 1. The number of benzene rings is 2. The van der Waals surface area contributed by atoms with Crippen LogP contribution in [0.3, 0.4) is 0 Å². The standard InChI is InChI=1S/C19H15N3O2S/c23-18(21-15-8-3-7-14-13(15)5-4-10-20-14)11-24-12-19-22-16-6-1-2-9-17(16)25-19/h1-10H,11-12H2,(H,21,23). The number of aromatic nitrogens is 2. The van der Waals surface area contributed by atoms with Crippen LogP contribution in [0.2, 0.25) is 0 Å². The van der Waals surface area contributed by atoms with Crippen LogP contribution in [0.1, 0.15) is 5.01 Å². The summed E-state index contributed by atoms with van der Waals surface area (Å²) in [5.74, 6) is -0.197. The molecule has 0 unspecified atom stereocenters. The van der Waals surface area contributed by atoms with Crippen molar-refractivity contribution >= 4 is 44.1 Å². The maximum absolute atomic E-state index is 12.1. The number of nitrogens with one attached hydrogen (secondary N) is 1. The highest BCUT2D eigenvalue weighted by atomic mass is 32.1. The molecule has 6 heteroatoms. The average molecular weight is 349 g/mol. The van der Waals surface area contributed by atoms with Crippen LogP contribution in [0.25, 0.3) is 21.1 Å². The first kappa shape index (κ1) is 15.7. The van der Waals surface area contributed by atoms with Crippen molar-refractivity contribution in [3.63, 3.8) is 0 Å². The number of pyridine rings is 1. The maximum Gasteiger partial charge on any atom is 0.250 e. The van der Waals surface area contributed by atoms with Crippen LogP contribution in [0.5, 0.6) is 0 Å². The third-order valence-electron chi connectivity index (χ3n) is 3.72. The Balaban J connectivity index is 1.37. The summed E-state index contributed by atoms with van der Waals surface area (Å²) >= 11 is 1.58. The van der Waals surface area contributed by atoms with Gasteiger partial charge in [-0.15, -0.1) is 11.3 Å². The molecule has 0 aliphatic rings. The number of ether oxygens (including phenoxy) is 1. The Kier molecular flexibility index (Phi) is 4.37. The largest absolute Gasteiger partial charge is 0.364 e. The molecule has 0 aliphatic carbocycles. The zero-order valence-corrected chi connectivity index (χ0v) is 14.1. The van der Waals surface area contributed by atoms with Gasteiger partial charge in [0.2, 0.25) is 5.91 Å². The molecule has 0 atom stereocenters. The Morgan fingerprint density at radius 2 is 1.92 bits per heavy atom. The topological polar surface area (TPSA) is 64.1 Å². The molecular formula is C19H15N3O2S. The Labute approximate surface area is 148 Å². The highest BCUT2D eigenvalue weighted by Gasteiger charge is 2.08. The Morgan fingerprint density at radius 3 is 2.84 bits per heavy atom. The fourth-order valence-electron chi connectivity index (χ4n) is 2.61. The second-order valence-electron chi connectivity index (χ2n) is 5.49. The summed E-state index contributed by atoms with van der Waals surface area (Å²) in [6.07, 6.45) is 1.73. The highest BCUT2D eigenvalue weighted by Crippen LogP contribution is 2.23. The number of anilines is 1. The van der Waals surface area contributed by atoms with Gasteiger partial charge in [-0.3, -0.25) is 9.78 Å².